The molecular formula is C21H27ClN2O3S. The SMILES string of the molecule is CCC(C(=O)NCCCc1ccccc1Cl)N(c1ccc(C)cc1)S(C)(=O)=O. The average molecular weight is 423 g/mol. The van der Waals surface area contributed by atoms with E-state index in [9.17, 15) is 13.2 Å². The standard InChI is InChI=1S/C21H27ClN2O3S/c1-4-20(24(28(3,26)27)18-13-11-16(2)12-14-18)21(25)23-15-7-9-17-8-5-6-10-19(17)22/h5-6,8,10-14,20H,4,7,9,15H2,1-3H3,(H,23,25). The molecule has 0 saturated carbocycles. The molecule has 0 saturated heterocycles. The number of hydrogen-bond acceptors (Lipinski definition) is 3. The summed E-state index contributed by atoms with van der Waals surface area (Å²) in [6.45, 7) is 4.18. The van der Waals surface area contributed by atoms with Gasteiger partial charge in [-0.2, -0.15) is 0 Å². The first-order valence-corrected chi connectivity index (χ1v) is 11.5. The first-order chi connectivity index (χ1) is 13.2. The highest BCUT2D eigenvalue weighted by molar-refractivity contribution is 7.92. The number of aryl methyl sites for hydroxylation is 2. The molecule has 2 aromatic carbocycles. The van der Waals surface area contributed by atoms with E-state index in [1.807, 2.05) is 43.3 Å². The van der Waals surface area contributed by atoms with Crippen LogP contribution in [-0.4, -0.2) is 33.2 Å². The second-order valence-electron chi connectivity index (χ2n) is 6.80. The fraction of sp³-hybridized carbons (Fsp3) is 0.381. The maximum atomic E-state index is 12.7. The van der Waals surface area contributed by atoms with Crippen LogP contribution in [0.25, 0.3) is 0 Å². The molecular weight excluding hydrogens is 396 g/mol. The maximum absolute atomic E-state index is 12.7. The molecule has 1 unspecified atom stereocenters. The first-order valence-electron chi connectivity index (χ1n) is 9.31. The van der Waals surface area contributed by atoms with E-state index >= 15 is 0 Å². The van der Waals surface area contributed by atoms with E-state index in [4.69, 9.17) is 11.6 Å². The van der Waals surface area contributed by atoms with Gasteiger partial charge < -0.3 is 5.32 Å². The summed E-state index contributed by atoms with van der Waals surface area (Å²) in [5.41, 5.74) is 2.54. The van der Waals surface area contributed by atoms with Gasteiger partial charge in [0.05, 0.1) is 11.9 Å². The number of hydrogen-bond donors (Lipinski definition) is 1. The summed E-state index contributed by atoms with van der Waals surface area (Å²) in [5, 5.41) is 3.58. The second-order valence-corrected chi connectivity index (χ2v) is 9.07. The van der Waals surface area contributed by atoms with Gasteiger partial charge in [0.15, 0.2) is 0 Å². The van der Waals surface area contributed by atoms with Gasteiger partial charge in [0.1, 0.15) is 6.04 Å². The molecule has 7 heteroatoms. The lowest BCUT2D eigenvalue weighted by molar-refractivity contribution is -0.122. The zero-order chi connectivity index (χ0) is 20.7. The lowest BCUT2D eigenvalue weighted by Gasteiger charge is -2.30. The molecule has 0 aromatic heterocycles. The largest absolute Gasteiger partial charge is 0.354 e. The zero-order valence-corrected chi connectivity index (χ0v) is 18.1. The maximum Gasteiger partial charge on any atom is 0.243 e. The summed E-state index contributed by atoms with van der Waals surface area (Å²) in [5.74, 6) is -0.298. The van der Waals surface area contributed by atoms with Crippen molar-refractivity contribution in [3.8, 4) is 0 Å². The number of benzene rings is 2. The molecule has 2 aromatic rings. The lowest BCUT2D eigenvalue weighted by Crippen LogP contribution is -2.49. The Morgan fingerprint density at radius 1 is 1.14 bits per heavy atom. The molecule has 1 atom stereocenters. The van der Waals surface area contributed by atoms with Gasteiger partial charge in [0, 0.05) is 11.6 Å². The highest BCUT2D eigenvalue weighted by atomic mass is 35.5. The number of halogens is 1. The smallest absolute Gasteiger partial charge is 0.243 e. The molecule has 152 valence electrons. The minimum atomic E-state index is -3.61. The highest BCUT2D eigenvalue weighted by Gasteiger charge is 2.31. The van der Waals surface area contributed by atoms with Crippen molar-refractivity contribution in [3.05, 3.63) is 64.7 Å². The van der Waals surface area contributed by atoms with Crippen LogP contribution in [0.1, 0.15) is 30.9 Å². The zero-order valence-electron chi connectivity index (χ0n) is 16.5. The van der Waals surface area contributed by atoms with Gasteiger partial charge in [-0.15, -0.1) is 0 Å². The summed E-state index contributed by atoms with van der Waals surface area (Å²) in [6.07, 6.45) is 2.96. The molecule has 1 amide bonds. The Kier molecular flexibility index (Phi) is 7.89. The van der Waals surface area contributed by atoms with Gasteiger partial charge in [-0.05, 0) is 49.9 Å². The molecule has 0 aliphatic heterocycles. The highest BCUT2D eigenvalue weighted by Crippen LogP contribution is 2.23. The Bertz CT molecular complexity index is 898. The van der Waals surface area contributed by atoms with E-state index in [0.717, 1.165) is 30.2 Å². The molecule has 28 heavy (non-hydrogen) atoms. The quantitative estimate of drug-likeness (QED) is 0.622. The van der Waals surface area contributed by atoms with E-state index in [2.05, 4.69) is 5.32 Å². The minimum absolute atomic E-state index is 0.298. The molecule has 5 nitrogen and oxygen atoms in total. The average Bonchev–Trinajstić information content (AvgIpc) is 2.64. The van der Waals surface area contributed by atoms with Crippen molar-refractivity contribution in [2.75, 3.05) is 17.1 Å². The van der Waals surface area contributed by atoms with Gasteiger partial charge >= 0.3 is 0 Å². The summed E-state index contributed by atoms with van der Waals surface area (Å²) in [4.78, 5) is 12.7. The number of carbonyl (C=O) groups excluding carboxylic acids is 1. The van der Waals surface area contributed by atoms with Crippen LogP contribution in [0.3, 0.4) is 0 Å². The Morgan fingerprint density at radius 2 is 1.79 bits per heavy atom. The van der Waals surface area contributed by atoms with Crippen molar-refractivity contribution in [1.29, 1.82) is 0 Å². The van der Waals surface area contributed by atoms with Crippen molar-refractivity contribution in [3.63, 3.8) is 0 Å². The fourth-order valence-electron chi connectivity index (χ4n) is 3.06. The fourth-order valence-corrected chi connectivity index (χ4v) is 4.50. The third kappa shape index (κ3) is 5.97. The number of nitrogens with one attached hydrogen (secondary N) is 1. The number of sulfonamides is 1. The monoisotopic (exact) mass is 422 g/mol. The van der Waals surface area contributed by atoms with Crippen LogP contribution in [0.4, 0.5) is 5.69 Å². The van der Waals surface area contributed by atoms with Gasteiger partial charge in [-0.1, -0.05) is 54.4 Å². The number of carbonyl (C=O) groups is 1. The number of nitrogens with zero attached hydrogens (tertiary/aromatic N) is 1. The lowest BCUT2D eigenvalue weighted by atomic mass is 10.1. The van der Waals surface area contributed by atoms with Crippen LogP contribution in [0.5, 0.6) is 0 Å². The van der Waals surface area contributed by atoms with Crippen LogP contribution >= 0.6 is 11.6 Å². The molecule has 0 radical (unpaired) electrons. The molecule has 0 spiro atoms. The van der Waals surface area contributed by atoms with Crippen LogP contribution in [0.2, 0.25) is 5.02 Å². The normalized spacial score (nSPS) is 12.4. The molecule has 0 aliphatic rings. The van der Waals surface area contributed by atoms with Crippen LogP contribution in [-0.2, 0) is 21.2 Å². The van der Waals surface area contributed by atoms with E-state index in [0.29, 0.717) is 23.7 Å². The number of rotatable bonds is 9. The minimum Gasteiger partial charge on any atom is -0.354 e. The molecule has 0 fully saturated rings. The summed E-state index contributed by atoms with van der Waals surface area (Å²) >= 11 is 6.15. The summed E-state index contributed by atoms with van der Waals surface area (Å²) < 4.78 is 26.0. The van der Waals surface area contributed by atoms with Gasteiger partial charge in [0.25, 0.3) is 0 Å². The van der Waals surface area contributed by atoms with Crippen LogP contribution in [0.15, 0.2) is 48.5 Å². The van der Waals surface area contributed by atoms with Crippen molar-refractivity contribution in [2.45, 2.75) is 39.2 Å². The third-order valence-corrected chi connectivity index (χ3v) is 6.05. The number of amides is 1. The van der Waals surface area contributed by atoms with Gasteiger partial charge in [0.2, 0.25) is 15.9 Å². The molecule has 0 bridgehead atoms. The van der Waals surface area contributed by atoms with Crippen molar-refractivity contribution in [1.82, 2.24) is 5.32 Å². The van der Waals surface area contributed by atoms with E-state index in [1.165, 1.54) is 4.31 Å². The predicted octanol–water partition coefficient (Wildman–Crippen LogP) is 3.94. The van der Waals surface area contributed by atoms with Crippen molar-refractivity contribution in [2.24, 2.45) is 0 Å². The van der Waals surface area contributed by atoms with Crippen LogP contribution < -0.4 is 9.62 Å². The van der Waals surface area contributed by atoms with Crippen molar-refractivity contribution < 1.29 is 13.2 Å². The molecule has 0 aliphatic carbocycles. The first kappa shape index (κ1) is 22.2. The van der Waals surface area contributed by atoms with E-state index in [-0.39, 0.29) is 5.91 Å². The Hall–Kier alpha value is -2.05. The molecule has 0 heterocycles. The van der Waals surface area contributed by atoms with Crippen molar-refractivity contribution >= 4 is 33.2 Å². The molecule has 1 N–H and O–H groups in total. The predicted molar refractivity (Wildman–Crippen MR) is 115 cm³/mol. The Morgan fingerprint density at radius 3 is 2.36 bits per heavy atom. The van der Waals surface area contributed by atoms with E-state index < -0.39 is 16.1 Å². The van der Waals surface area contributed by atoms with E-state index in [1.54, 1.807) is 19.1 Å². The topological polar surface area (TPSA) is 66.5 Å². The molecule has 2 rings (SSSR count). The number of anilines is 1. The summed E-state index contributed by atoms with van der Waals surface area (Å²) in [6, 6.07) is 13.9. The van der Waals surface area contributed by atoms with Gasteiger partial charge in [-0.25, -0.2) is 8.42 Å². The Balaban J connectivity index is 2.05. The van der Waals surface area contributed by atoms with Gasteiger partial charge in [-0.3, -0.25) is 9.10 Å². The second kappa shape index (κ2) is 9.94. The Labute approximate surface area is 172 Å². The van der Waals surface area contributed by atoms with Crippen LogP contribution in [0, 0.1) is 6.92 Å². The summed E-state index contributed by atoms with van der Waals surface area (Å²) in [7, 11) is -3.61. The third-order valence-electron chi connectivity index (χ3n) is 4.50.